The van der Waals surface area contributed by atoms with Gasteiger partial charge in [0, 0.05) is 12.8 Å². The molecule has 0 saturated carbocycles. The quantitative estimate of drug-likeness (QED) is 0.302. The van der Waals surface area contributed by atoms with Crippen molar-refractivity contribution in [2.24, 2.45) is 11.5 Å². The van der Waals surface area contributed by atoms with Crippen LogP contribution in [0.1, 0.15) is 63.8 Å². The molecule has 0 spiro atoms. The van der Waals surface area contributed by atoms with Crippen LogP contribution in [0.2, 0.25) is 0 Å². The molecule has 6 nitrogen and oxygen atoms in total. The third kappa shape index (κ3) is 12.4. The normalized spacial score (nSPS) is 13.9. The molecule has 2 unspecified atom stereocenters. The molecule has 0 aliphatic heterocycles. The summed E-state index contributed by atoms with van der Waals surface area (Å²) in [5.41, 5.74) is 8.73. The van der Waals surface area contributed by atoms with Crippen molar-refractivity contribution < 1.29 is 45.4 Å². The Morgan fingerprint density at radius 3 is 1.45 bits per heavy atom. The topological polar surface area (TPSA) is 105 Å². The number of rotatable bonds is 8. The van der Waals surface area contributed by atoms with Gasteiger partial charge in [0.2, 0.25) is 0 Å². The number of carbonyl (C=O) groups is 2. The van der Waals surface area contributed by atoms with Crippen LogP contribution in [0, 0.1) is 0 Å². The third-order valence-corrected chi connectivity index (χ3v) is 5.29. The standard InChI is InChI=1S/2C14H18F3NO2/c1-9(18)12(19)20-13(2,3)8-10-4-6-11(7-5-10)14(15,16)17;1-9(18)12(19)20-13(2,3)8-10-5-4-6-11(7-10)14(15,16)17/h2*4-7,9H,8,18H2,1-3H3. The predicted octanol–water partition coefficient (Wildman–Crippen LogP) is 5.83. The molecule has 2 atom stereocenters. The molecule has 0 amide bonds. The molecule has 2 rings (SSSR count). The first-order valence-electron chi connectivity index (χ1n) is 12.3. The Labute approximate surface area is 230 Å². The fourth-order valence-corrected chi connectivity index (χ4v) is 3.46. The summed E-state index contributed by atoms with van der Waals surface area (Å²) in [4.78, 5) is 22.9. The summed E-state index contributed by atoms with van der Waals surface area (Å²) in [6.07, 6.45) is -8.25. The number of hydrogen-bond acceptors (Lipinski definition) is 6. The van der Waals surface area contributed by atoms with Gasteiger partial charge in [-0.1, -0.05) is 30.3 Å². The van der Waals surface area contributed by atoms with Crippen molar-refractivity contribution in [1.29, 1.82) is 0 Å². The summed E-state index contributed by atoms with van der Waals surface area (Å²) in [5, 5.41) is 0. The van der Waals surface area contributed by atoms with Gasteiger partial charge in [0.15, 0.2) is 0 Å². The van der Waals surface area contributed by atoms with E-state index in [2.05, 4.69) is 0 Å². The lowest BCUT2D eigenvalue weighted by Gasteiger charge is -2.26. The Balaban J connectivity index is 0.000000400. The Morgan fingerprint density at radius 2 is 1.07 bits per heavy atom. The minimum Gasteiger partial charge on any atom is -0.458 e. The van der Waals surface area contributed by atoms with Gasteiger partial charge in [-0.25, -0.2) is 0 Å². The van der Waals surface area contributed by atoms with Crippen molar-refractivity contribution in [3.8, 4) is 0 Å². The van der Waals surface area contributed by atoms with E-state index >= 15 is 0 Å². The van der Waals surface area contributed by atoms with E-state index < -0.39 is 58.7 Å². The molecule has 0 aromatic heterocycles. The zero-order valence-corrected chi connectivity index (χ0v) is 23.2. The zero-order chi connectivity index (χ0) is 31.1. The van der Waals surface area contributed by atoms with Gasteiger partial charge in [-0.05, 0) is 70.9 Å². The third-order valence-electron chi connectivity index (χ3n) is 5.29. The smallest absolute Gasteiger partial charge is 0.416 e. The average Bonchev–Trinajstić information content (AvgIpc) is 2.77. The lowest BCUT2D eigenvalue weighted by Crippen LogP contribution is -2.38. The van der Waals surface area contributed by atoms with Crippen LogP contribution in [0.3, 0.4) is 0 Å². The number of nitrogens with two attached hydrogens (primary N) is 2. The van der Waals surface area contributed by atoms with Gasteiger partial charge in [-0.15, -0.1) is 0 Å². The van der Waals surface area contributed by atoms with E-state index in [1.54, 1.807) is 33.8 Å². The van der Waals surface area contributed by atoms with Gasteiger partial charge in [-0.2, -0.15) is 26.3 Å². The molecular formula is C28H36F6N2O4. The fraction of sp³-hybridized carbons (Fsp3) is 0.500. The van der Waals surface area contributed by atoms with Crippen molar-refractivity contribution in [2.75, 3.05) is 0 Å². The number of ether oxygens (including phenoxy) is 2. The van der Waals surface area contributed by atoms with Crippen LogP contribution in [-0.4, -0.2) is 35.2 Å². The highest BCUT2D eigenvalue weighted by Gasteiger charge is 2.32. The first kappa shape index (κ1) is 34.9. The molecule has 0 fully saturated rings. The summed E-state index contributed by atoms with van der Waals surface area (Å²) >= 11 is 0. The minimum atomic E-state index is -4.39. The largest absolute Gasteiger partial charge is 0.458 e. The van der Waals surface area contributed by atoms with Crippen LogP contribution in [0.25, 0.3) is 0 Å². The molecule has 2 aromatic rings. The molecule has 0 heterocycles. The number of hydrogen-bond donors (Lipinski definition) is 2. The molecule has 12 heteroatoms. The lowest BCUT2D eigenvalue weighted by molar-refractivity contribution is -0.158. The molecule has 0 bridgehead atoms. The van der Waals surface area contributed by atoms with Gasteiger partial charge in [-0.3, -0.25) is 9.59 Å². The van der Waals surface area contributed by atoms with Crippen LogP contribution in [0.5, 0.6) is 0 Å². The maximum Gasteiger partial charge on any atom is 0.416 e. The Morgan fingerprint density at radius 1 is 0.675 bits per heavy atom. The lowest BCUT2D eigenvalue weighted by atomic mass is 9.97. The molecule has 224 valence electrons. The van der Waals surface area contributed by atoms with E-state index in [1.807, 2.05) is 0 Å². The van der Waals surface area contributed by atoms with Crippen molar-refractivity contribution in [1.82, 2.24) is 0 Å². The summed E-state index contributed by atoms with van der Waals surface area (Å²) < 4.78 is 85.5. The Bertz CT molecular complexity index is 1120. The van der Waals surface area contributed by atoms with Crippen molar-refractivity contribution >= 4 is 11.9 Å². The molecule has 2 aromatic carbocycles. The highest BCUT2D eigenvalue weighted by atomic mass is 19.4. The monoisotopic (exact) mass is 578 g/mol. The molecule has 0 radical (unpaired) electrons. The van der Waals surface area contributed by atoms with Gasteiger partial charge in [0.25, 0.3) is 0 Å². The van der Waals surface area contributed by atoms with Gasteiger partial charge >= 0.3 is 24.3 Å². The number of halogens is 6. The molecule has 0 aliphatic rings. The maximum absolute atomic E-state index is 12.6. The molecule has 0 saturated heterocycles. The zero-order valence-electron chi connectivity index (χ0n) is 23.2. The highest BCUT2D eigenvalue weighted by molar-refractivity contribution is 5.75. The van der Waals surface area contributed by atoms with Crippen LogP contribution >= 0.6 is 0 Å². The number of esters is 2. The first-order chi connectivity index (χ1) is 18.0. The van der Waals surface area contributed by atoms with Crippen LogP contribution < -0.4 is 11.5 Å². The van der Waals surface area contributed by atoms with E-state index in [0.717, 1.165) is 24.3 Å². The second-order valence-corrected chi connectivity index (χ2v) is 10.7. The number of carbonyl (C=O) groups excluding carboxylic acids is 2. The highest BCUT2D eigenvalue weighted by Crippen LogP contribution is 2.31. The summed E-state index contributed by atoms with van der Waals surface area (Å²) in [6, 6.07) is 8.24. The first-order valence-corrected chi connectivity index (χ1v) is 12.3. The van der Waals surface area contributed by atoms with Gasteiger partial charge in [0.1, 0.15) is 23.3 Å². The van der Waals surface area contributed by atoms with E-state index in [4.69, 9.17) is 20.9 Å². The second-order valence-electron chi connectivity index (χ2n) is 10.7. The Hall–Kier alpha value is -3.12. The molecular weight excluding hydrogens is 542 g/mol. The second kappa shape index (κ2) is 13.5. The van der Waals surface area contributed by atoms with Crippen molar-refractivity contribution in [3.63, 3.8) is 0 Å². The molecule has 4 N–H and O–H groups in total. The maximum atomic E-state index is 12.6. The van der Waals surface area contributed by atoms with E-state index in [9.17, 15) is 35.9 Å². The fourth-order valence-electron chi connectivity index (χ4n) is 3.46. The molecule has 40 heavy (non-hydrogen) atoms. The van der Waals surface area contributed by atoms with E-state index in [1.165, 1.54) is 32.0 Å². The van der Waals surface area contributed by atoms with E-state index in [-0.39, 0.29) is 6.42 Å². The summed E-state index contributed by atoms with van der Waals surface area (Å²) in [7, 11) is 0. The van der Waals surface area contributed by atoms with E-state index in [0.29, 0.717) is 17.5 Å². The van der Waals surface area contributed by atoms with Gasteiger partial charge in [0.05, 0.1) is 11.1 Å². The number of benzene rings is 2. The van der Waals surface area contributed by atoms with Crippen LogP contribution in [0.15, 0.2) is 48.5 Å². The Kier molecular flexibility index (Phi) is 11.8. The number of alkyl halides is 6. The summed E-state index contributed by atoms with van der Waals surface area (Å²) in [5.74, 6) is -1.12. The van der Waals surface area contributed by atoms with Crippen LogP contribution in [-0.2, 0) is 44.3 Å². The average molecular weight is 579 g/mol. The molecule has 0 aliphatic carbocycles. The van der Waals surface area contributed by atoms with Gasteiger partial charge < -0.3 is 20.9 Å². The predicted molar refractivity (Wildman–Crippen MR) is 138 cm³/mol. The minimum absolute atomic E-state index is 0.176. The van der Waals surface area contributed by atoms with Crippen LogP contribution in [0.4, 0.5) is 26.3 Å². The van der Waals surface area contributed by atoms with Crippen molar-refractivity contribution in [3.05, 3.63) is 70.8 Å². The van der Waals surface area contributed by atoms with Crippen molar-refractivity contribution in [2.45, 2.75) is 90.0 Å². The summed E-state index contributed by atoms with van der Waals surface area (Å²) in [6.45, 7) is 9.64. The SMILES string of the molecule is CC(N)C(=O)OC(C)(C)Cc1ccc(C(F)(F)F)cc1.CC(N)C(=O)OC(C)(C)Cc1cccc(C(F)(F)F)c1.